The van der Waals surface area contributed by atoms with E-state index in [1.807, 2.05) is 6.92 Å². The first-order chi connectivity index (χ1) is 8.55. The lowest BCUT2D eigenvalue weighted by molar-refractivity contribution is 0.0690. The van der Waals surface area contributed by atoms with Crippen molar-refractivity contribution in [2.75, 3.05) is 20.8 Å². The molecule has 110 valence electrons. The number of rotatable bonds is 11. The fourth-order valence-electron chi connectivity index (χ4n) is 2.62. The van der Waals surface area contributed by atoms with Gasteiger partial charge in [0.25, 0.3) is 0 Å². The molecule has 0 aliphatic rings. The summed E-state index contributed by atoms with van der Waals surface area (Å²) in [5.41, 5.74) is 0. The first kappa shape index (κ1) is 18.1. The van der Waals surface area contributed by atoms with Crippen LogP contribution < -0.4 is 0 Å². The zero-order valence-electron chi connectivity index (χ0n) is 13.2. The second-order valence-electron chi connectivity index (χ2n) is 5.17. The van der Waals surface area contributed by atoms with E-state index in [9.17, 15) is 0 Å². The normalized spacial score (nSPS) is 13.0. The van der Waals surface area contributed by atoms with Crippen molar-refractivity contribution in [3.8, 4) is 0 Å². The van der Waals surface area contributed by atoms with Gasteiger partial charge in [0.15, 0.2) is 0 Å². The molecule has 0 aromatic rings. The van der Waals surface area contributed by atoms with E-state index in [-0.39, 0.29) is 5.04 Å². The highest BCUT2D eigenvalue weighted by molar-refractivity contribution is 6.64. The molecule has 0 heterocycles. The topological polar surface area (TPSA) is 27.7 Å². The van der Waals surface area contributed by atoms with E-state index in [1.165, 1.54) is 25.7 Å². The van der Waals surface area contributed by atoms with Crippen molar-refractivity contribution in [2.24, 2.45) is 0 Å². The van der Waals surface area contributed by atoms with Crippen LogP contribution in [-0.2, 0) is 13.3 Å². The Labute approximate surface area is 115 Å². The molecule has 0 saturated carbocycles. The molecule has 18 heavy (non-hydrogen) atoms. The second kappa shape index (κ2) is 9.07. The molecule has 0 N–H and O–H groups in total. The summed E-state index contributed by atoms with van der Waals surface area (Å²) < 4.78 is 17.5. The van der Waals surface area contributed by atoms with Gasteiger partial charge >= 0.3 is 8.80 Å². The standard InChI is InChI=1S/C14H32O3Si/c1-7-10-12-14(4,13-11-8-2)18(15-5,16-6)17-9-3/h7-13H2,1-6H3. The van der Waals surface area contributed by atoms with E-state index in [0.29, 0.717) is 6.61 Å². The summed E-state index contributed by atoms with van der Waals surface area (Å²) in [5.74, 6) is 0. The summed E-state index contributed by atoms with van der Waals surface area (Å²) in [5, 5.41) is 0.0402. The van der Waals surface area contributed by atoms with Gasteiger partial charge in [-0.05, 0) is 19.8 Å². The zero-order valence-corrected chi connectivity index (χ0v) is 14.2. The van der Waals surface area contributed by atoms with Gasteiger partial charge in [0.05, 0.1) is 0 Å². The Balaban J connectivity index is 5.05. The van der Waals surface area contributed by atoms with Crippen molar-refractivity contribution >= 4 is 8.80 Å². The SMILES string of the molecule is CCCCC(C)(CCCC)[Si](OC)(OC)OCC. The molecule has 4 heteroatoms. The van der Waals surface area contributed by atoms with Gasteiger partial charge in [0, 0.05) is 25.9 Å². The minimum Gasteiger partial charge on any atom is -0.377 e. The summed E-state index contributed by atoms with van der Waals surface area (Å²) in [6.45, 7) is 9.41. The van der Waals surface area contributed by atoms with Crippen LogP contribution in [0.4, 0.5) is 0 Å². The summed E-state index contributed by atoms with van der Waals surface area (Å²) in [6, 6.07) is 0. The van der Waals surface area contributed by atoms with E-state index >= 15 is 0 Å². The van der Waals surface area contributed by atoms with Crippen LogP contribution in [0.2, 0.25) is 5.04 Å². The monoisotopic (exact) mass is 276 g/mol. The third-order valence-corrected chi connectivity index (χ3v) is 7.50. The molecule has 0 aliphatic carbocycles. The Morgan fingerprint density at radius 2 is 1.33 bits per heavy atom. The Morgan fingerprint density at radius 1 is 0.889 bits per heavy atom. The predicted molar refractivity (Wildman–Crippen MR) is 78.8 cm³/mol. The van der Waals surface area contributed by atoms with E-state index in [2.05, 4.69) is 20.8 Å². The van der Waals surface area contributed by atoms with E-state index in [4.69, 9.17) is 13.3 Å². The van der Waals surface area contributed by atoms with Gasteiger partial charge in [0.2, 0.25) is 0 Å². The van der Waals surface area contributed by atoms with E-state index < -0.39 is 8.80 Å². The quantitative estimate of drug-likeness (QED) is 0.524. The van der Waals surface area contributed by atoms with Crippen LogP contribution in [0.3, 0.4) is 0 Å². The Bertz CT molecular complexity index is 197. The van der Waals surface area contributed by atoms with Gasteiger partial charge in [-0.3, -0.25) is 0 Å². The lowest BCUT2D eigenvalue weighted by Gasteiger charge is -2.42. The molecule has 0 aromatic carbocycles. The van der Waals surface area contributed by atoms with Crippen LogP contribution in [0.5, 0.6) is 0 Å². The molecule has 0 rings (SSSR count). The summed E-state index contributed by atoms with van der Waals surface area (Å²) in [7, 11) is 0.904. The second-order valence-corrected chi connectivity index (χ2v) is 8.59. The highest BCUT2D eigenvalue weighted by atomic mass is 28.4. The third kappa shape index (κ3) is 4.33. The molecule has 0 unspecified atom stereocenters. The molecule has 3 nitrogen and oxygen atoms in total. The maximum absolute atomic E-state index is 5.98. The van der Waals surface area contributed by atoms with Gasteiger partial charge < -0.3 is 13.3 Å². The molecule has 0 radical (unpaired) electrons. The lowest BCUT2D eigenvalue weighted by atomic mass is 9.97. The summed E-state index contributed by atoms with van der Waals surface area (Å²) in [6.07, 6.45) is 7.05. The molecule has 0 bridgehead atoms. The molecular weight excluding hydrogens is 244 g/mol. The zero-order chi connectivity index (χ0) is 14.1. The van der Waals surface area contributed by atoms with Crippen molar-refractivity contribution in [3.05, 3.63) is 0 Å². The average molecular weight is 276 g/mol. The Kier molecular flexibility index (Phi) is 9.12. The van der Waals surface area contributed by atoms with Crippen LogP contribution in [0, 0.1) is 0 Å². The Morgan fingerprint density at radius 3 is 1.61 bits per heavy atom. The molecule has 0 spiro atoms. The molecule has 0 aromatic heterocycles. The van der Waals surface area contributed by atoms with Gasteiger partial charge in [-0.2, -0.15) is 0 Å². The Hall–Kier alpha value is 0.0969. The van der Waals surface area contributed by atoms with Crippen molar-refractivity contribution in [1.29, 1.82) is 0 Å². The van der Waals surface area contributed by atoms with Gasteiger partial charge in [-0.15, -0.1) is 0 Å². The van der Waals surface area contributed by atoms with E-state index in [1.54, 1.807) is 14.2 Å². The van der Waals surface area contributed by atoms with Crippen LogP contribution in [0.15, 0.2) is 0 Å². The van der Waals surface area contributed by atoms with Crippen molar-refractivity contribution in [3.63, 3.8) is 0 Å². The first-order valence-electron chi connectivity index (χ1n) is 7.30. The highest BCUT2D eigenvalue weighted by Gasteiger charge is 2.56. The summed E-state index contributed by atoms with van der Waals surface area (Å²) in [4.78, 5) is 0. The molecule has 0 saturated heterocycles. The van der Waals surface area contributed by atoms with Crippen LogP contribution in [0.1, 0.15) is 66.2 Å². The third-order valence-electron chi connectivity index (χ3n) is 3.78. The van der Waals surface area contributed by atoms with Gasteiger partial charge in [0.1, 0.15) is 0 Å². The van der Waals surface area contributed by atoms with Crippen molar-refractivity contribution < 1.29 is 13.3 Å². The molecule has 0 atom stereocenters. The minimum absolute atomic E-state index is 0.0402. The molecular formula is C14H32O3Si. The molecule has 0 aliphatic heterocycles. The molecule has 0 fully saturated rings. The predicted octanol–water partition coefficient (Wildman–Crippen LogP) is 4.40. The van der Waals surface area contributed by atoms with Crippen LogP contribution in [0.25, 0.3) is 0 Å². The maximum Gasteiger partial charge on any atom is 0.506 e. The van der Waals surface area contributed by atoms with Crippen LogP contribution in [-0.4, -0.2) is 29.6 Å². The fourth-order valence-corrected chi connectivity index (χ4v) is 5.71. The maximum atomic E-state index is 5.98. The number of unbranched alkanes of at least 4 members (excludes halogenated alkanes) is 2. The van der Waals surface area contributed by atoms with Gasteiger partial charge in [-0.25, -0.2) is 0 Å². The molecule has 0 amide bonds. The average Bonchev–Trinajstić information content (AvgIpc) is 2.40. The summed E-state index contributed by atoms with van der Waals surface area (Å²) >= 11 is 0. The van der Waals surface area contributed by atoms with Crippen LogP contribution >= 0.6 is 0 Å². The number of hydrogen-bond donors (Lipinski definition) is 0. The smallest absolute Gasteiger partial charge is 0.377 e. The van der Waals surface area contributed by atoms with Gasteiger partial charge in [-0.1, -0.05) is 46.5 Å². The van der Waals surface area contributed by atoms with Crippen molar-refractivity contribution in [2.45, 2.75) is 71.3 Å². The minimum atomic E-state index is -2.57. The highest BCUT2D eigenvalue weighted by Crippen LogP contribution is 2.48. The van der Waals surface area contributed by atoms with Crippen molar-refractivity contribution in [1.82, 2.24) is 0 Å². The lowest BCUT2D eigenvalue weighted by Crippen LogP contribution is -2.54. The van der Waals surface area contributed by atoms with E-state index in [0.717, 1.165) is 12.8 Å². The number of hydrogen-bond acceptors (Lipinski definition) is 3. The first-order valence-corrected chi connectivity index (χ1v) is 9.02. The largest absolute Gasteiger partial charge is 0.506 e. The fraction of sp³-hybridized carbons (Fsp3) is 1.00.